The molecule has 0 spiro atoms. The topological polar surface area (TPSA) is 230 Å². The van der Waals surface area contributed by atoms with Crippen molar-refractivity contribution in [3.05, 3.63) is 36.2 Å². The molecule has 4 heterocycles. The van der Waals surface area contributed by atoms with Crippen LogP contribution in [0.25, 0.3) is 5.69 Å². The van der Waals surface area contributed by atoms with E-state index in [1.165, 1.54) is 33.1 Å². The van der Waals surface area contributed by atoms with Crippen molar-refractivity contribution in [1.29, 1.82) is 0 Å². The van der Waals surface area contributed by atoms with Gasteiger partial charge in [0.1, 0.15) is 22.4 Å². The van der Waals surface area contributed by atoms with Crippen molar-refractivity contribution in [1.82, 2.24) is 39.8 Å². The molecule has 2 unspecified atom stereocenters. The number of nitrogens with two attached hydrogens (primary N) is 1. The Kier molecular flexibility index (Phi) is 9.26. The number of carbonyl (C=O) groups is 4. The van der Waals surface area contributed by atoms with Crippen LogP contribution in [-0.4, -0.2) is 111 Å². The third-order valence-corrected chi connectivity index (χ3v) is 9.77. The number of carboxylic acids is 1. The van der Waals surface area contributed by atoms with Crippen molar-refractivity contribution in [2.45, 2.75) is 42.9 Å². The largest absolute Gasteiger partial charge is 0.481 e. The minimum Gasteiger partial charge on any atom is -0.481 e. The van der Waals surface area contributed by atoms with Crippen molar-refractivity contribution >= 4 is 69.7 Å². The van der Waals surface area contributed by atoms with Gasteiger partial charge >= 0.3 is 11.9 Å². The van der Waals surface area contributed by atoms with E-state index in [2.05, 4.69) is 35.4 Å². The number of nitrogens with one attached hydrogen (secondary N) is 1. The Bertz CT molecular complexity index is 1630. The summed E-state index contributed by atoms with van der Waals surface area (Å²) in [7, 11) is 0. The van der Waals surface area contributed by atoms with E-state index in [0.717, 1.165) is 17.2 Å². The first-order valence-electron chi connectivity index (χ1n) is 13.3. The third kappa shape index (κ3) is 7.17. The number of nitrogens with zero attached hydrogens (tertiary/aromatic N) is 8. The van der Waals surface area contributed by atoms with E-state index in [4.69, 9.17) is 15.3 Å². The maximum Gasteiger partial charge on any atom is 0.347 e. The molecule has 2 aromatic heterocycles. The summed E-state index contributed by atoms with van der Waals surface area (Å²) in [5.41, 5.74) is 3.95. The molecule has 5 rings (SSSR count). The second kappa shape index (κ2) is 13.0. The molecule has 238 valence electrons. The summed E-state index contributed by atoms with van der Waals surface area (Å²) in [5.74, 6) is -2.98. The van der Waals surface area contributed by atoms with Crippen molar-refractivity contribution in [3.63, 3.8) is 0 Å². The highest BCUT2D eigenvalue weighted by Gasteiger charge is 2.57. The zero-order chi connectivity index (χ0) is 32.4. The van der Waals surface area contributed by atoms with Gasteiger partial charge in [0.05, 0.1) is 5.69 Å². The number of esters is 1. The Labute approximate surface area is 268 Å². The predicted molar refractivity (Wildman–Crippen MR) is 162 cm³/mol. The summed E-state index contributed by atoms with van der Waals surface area (Å²) < 4.78 is 10.7. The molecule has 2 aliphatic rings. The van der Waals surface area contributed by atoms with Crippen molar-refractivity contribution in [2.24, 2.45) is 10.6 Å². The summed E-state index contributed by atoms with van der Waals surface area (Å²) in [6, 6.07) is 8.20. The van der Waals surface area contributed by atoms with Gasteiger partial charge in [-0.1, -0.05) is 35.1 Å². The van der Waals surface area contributed by atoms with Gasteiger partial charge in [-0.25, -0.2) is 4.79 Å². The molecule has 17 nitrogen and oxygen atoms in total. The van der Waals surface area contributed by atoms with Crippen molar-refractivity contribution in [2.75, 3.05) is 30.4 Å². The van der Waals surface area contributed by atoms with Crippen LogP contribution in [-0.2, 0) is 28.8 Å². The van der Waals surface area contributed by atoms with Gasteiger partial charge in [0.2, 0.25) is 29.2 Å². The molecule has 3 atom stereocenters. The normalized spacial score (nSPS) is 21.4. The van der Waals surface area contributed by atoms with Crippen LogP contribution in [0.4, 0.5) is 5.13 Å². The average molecular weight is 677 g/mol. The van der Waals surface area contributed by atoms with Gasteiger partial charge in [-0.3, -0.25) is 14.4 Å². The van der Waals surface area contributed by atoms with Crippen LogP contribution in [0.2, 0.25) is 0 Å². The van der Waals surface area contributed by atoms with E-state index < -0.39 is 58.5 Å². The number of carboxylic acid groups (broad SMARTS) is 1. The molecule has 20 heteroatoms. The number of aromatic nitrogens is 6. The lowest BCUT2D eigenvalue weighted by Crippen LogP contribution is -2.74. The third-order valence-electron chi connectivity index (χ3n) is 6.43. The van der Waals surface area contributed by atoms with E-state index in [1.54, 1.807) is 20.8 Å². The highest BCUT2D eigenvalue weighted by molar-refractivity contribution is 8.00. The zero-order valence-electron chi connectivity index (χ0n) is 24.1. The van der Waals surface area contributed by atoms with Crippen molar-refractivity contribution in [3.8, 4) is 5.69 Å². The summed E-state index contributed by atoms with van der Waals surface area (Å²) >= 11 is 3.23. The molecular formula is C25H28N10O7S3. The number of nitrogen functional groups attached to an aromatic ring is 1. The van der Waals surface area contributed by atoms with E-state index in [0.29, 0.717) is 5.16 Å². The number of ether oxygens (including phenoxy) is 1. The number of β-lactam (4-membered cyclic amide) rings is 1. The van der Waals surface area contributed by atoms with E-state index in [9.17, 15) is 24.3 Å². The average Bonchev–Trinajstić information content (AvgIpc) is 3.65. The number of thioether (sulfide) groups is 2. The first-order valence-corrected chi connectivity index (χ1v) is 16.1. The number of carbonyl (C=O) groups excluding carboxylic acids is 3. The summed E-state index contributed by atoms with van der Waals surface area (Å²) in [6.45, 7) is 4.40. The number of hydrogen-bond donors (Lipinski definition) is 3. The van der Waals surface area contributed by atoms with Crippen LogP contribution in [0.15, 0.2) is 40.6 Å². The predicted octanol–water partition coefficient (Wildman–Crippen LogP) is 0.422. The standard InChI is InChI=1S/C25H28N10O7S3/c1-24(2,3)42-14(36)9-41-30-15(17-28-22(26)45-31-17)18(37)27-16-19(38)34-10-25(21(39)40,11-43-20(16)34)12-44-23-29-32-33-35(23)13-7-5-4-6-8-13/h4-8,16,20H,9-12H2,1-3H3,(H,27,37)(H,39,40)(H2,26,28,31)/t16?,20-,25?/m1/s1. The monoisotopic (exact) mass is 676 g/mol. The molecule has 2 aliphatic heterocycles. The molecule has 4 N–H and O–H groups in total. The number of rotatable bonds is 11. The Balaban J connectivity index is 1.24. The maximum absolute atomic E-state index is 13.2. The molecule has 2 saturated heterocycles. The highest BCUT2D eigenvalue weighted by atomic mass is 32.2. The van der Waals surface area contributed by atoms with Gasteiger partial charge in [0.25, 0.3) is 5.91 Å². The van der Waals surface area contributed by atoms with Gasteiger partial charge in [-0.05, 0) is 43.3 Å². The molecule has 0 radical (unpaired) electrons. The van der Waals surface area contributed by atoms with E-state index in [1.807, 2.05) is 30.3 Å². The molecule has 0 bridgehead atoms. The second-order valence-corrected chi connectivity index (χ2v) is 13.8. The fourth-order valence-corrected chi connectivity index (χ4v) is 7.54. The minimum atomic E-state index is -1.30. The molecule has 3 aromatic rings. The van der Waals surface area contributed by atoms with Crippen LogP contribution in [0.5, 0.6) is 0 Å². The van der Waals surface area contributed by atoms with E-state index >= 15 is 0 Å². The van der Waals surface area contributed by atoms with E-state index in [-0.39, 0.29) is 29.0 Å². The first-order chi connectivity index (χ1) is 21.4. The Hall–Kier alpha value is -4.30. The van der Waals surface area contributed by atoms with Gasteiger partial charge in [-0.15, -0.1) is 16.9 Å². The lowest BCUT2D eigenvalue weighted by atomic mass is 9.89. The molecule has 0 saturated carbocycles. The number of oxime groups is 1. The molecule has 2 amide bonds. The van der Waals surface area contributed by atoms with Crippen LogP contribution < -0.4 is 11.1 Å². The van der Waals surface area contributed by atoms with Gasteiger partial charge in [0.15, 0.2) is 5.13 Å². The Morgan fingerprint density at radius 2 is 2.02 bits per heavy atom. The Morgan fingerprint density at radius 3 is 2.69 bits per heavy atom. The molecule has 45 heavy (non-hydrogen) atoms. The number of para-hydroxylation sites is 1. The van der Waals surface area contributed by atoms with Gasteiger partial charge in [-0.2, -0.15) is 14.0 Å². The molecule has 0 aliphatic carbocycles. The SMILES string of the molecule is CC(C)(C)OC(=O)CON=C(C(=O)NC1C(=O)N2CC(CSc3nnnn3-c3ccccc3)(C(=O)O)CS[C@H]12)c1nsc(N)n1. The molecule has 1 aromatic carbocycles. The van der Waals surface area contributed by atoms with Crippen LogP contribution >= 0.6 is 35.1 Å². The number of tetrazole rings is 1. The van der Waals surface area contributed by atoms with Crippen LogP contribution in [0, 0.1) is 5.41 Å². The number of anilines is 1. The number of aliphatic carboxylic acids is 1. The highest BCUT2D eigenvalue weighted by Crippen LogP contribution is 2.44. The number of hydrogen-bond acceptors (Lipinski definition) is 16. The second-order valence-electron chi connectivity index (χ2n) is 11.0. The van der Waals surface area contributed by atoms with Crippen LogP contribution in [0.3, 0.4) is 0 Å². The quantitative estimate of drug-likeness (QED) is 0.0822. The first kappa shape index (κ1) is 32.1. The molecular weight excluding hydrogens is 649 g/mol. The van der Waals surface area contributed by atoms with Crippen molar-refractivity contribution < 1.29 is 33.9 Å². The van der Waals surface area contributed by atoms with Gasteiger partial charge in [0, 0.05) is 29.6 Å². The summed E-state index contributed by atoms with van der Waals surface area (Å²) in [4.78, 5) is 61.4. The Morgan fingerprint density at radius 1 is 1.27 bits per heavy atom. The number of amides is 2. The minimum absolute atomic E-state index is 0.0621. The number of benzene rings is 1. The lowest BCUT2D eigenvalue weighted by Gasteiger charge is -2.53. The fraction of sp³-hybridized carbons (Fsp3) is 0.440. The van der Waals surface area contributed by atoms with Crippen LogP contribution in [0.1, 0.15) is 26.6 Å². The number of fused-ring (bicyclic) bond motifs is 1. The summed E-state index contributed by atoms with van der Waals surface area (Å²) in [5, 5.41) is 28.3. The fourth-order valence-electron chi connectivity index (χ4n) is 4.35. The lowest BCUT2D eigenvalue weighted by molar-refractivity contribution is -0.160. The smallest absolute Gasteiger partial charge is 0.347 e. The maximum atomic E-state index is 13.2. The summed E-state index contributed by atoms with van der Waals surface area (Å²) in [6.07, 6.45) is 0. The zero-order valence-corrected chi connectivity index (χ0v) is 26.6. The molecule has 2 fully saturated rings. The van der Waals surface area contributed by atoms with Gasteiger partial charge < -0.3 is 30.6 Å².